The fraction of sp³-hybridized carbons (Fsp3) is 0.455. The fourth-order valence-corrected chi connectivity index (χ4v) is 2.01. The summed E-state index contributed by atoms with van der Waals surface area (Å²) in [6.45, 7) is 2.01. The van der Waals surface area contributed by atoms with Crippen LogP contribution in [-0.2, 0) is 0 Å². The zero-order valence-electron chi connectivity index (χ0n) is 9.52. The molecule has 2 rings (SSSR count). The molecule has 0 spiro atoms. The third kappa shape index (κ3) is 2.68. The molecular formula is C11H15ClN4O. The van der Waals surface area contributed by atoms with Crippen LogP contribution in [0.15, 0.2) is 12.2 Å². The maximum atomic E-state index is 9.05. The van der Waals surface area contributed by atoms with E-state index in [0.717, 1.165) is 12.0 Å². The molecule has 0 aromatic carbocycles. The highest BCUT2D eigenvalue weighted by molar-refractivity contribution is 6.30. The summed E-state index contributed by atoms with van der Waals surface area (Å²) in [4.78, 5) is 8.00. The Morgan fingerprint density at radius 2 is 2.29 bits per heavy atom. The van der Waals surface area contributed by atoms with Gasteiger partial charge in [-0.15, -0.1) is 0 Å². The number of nitrogens with two attached hydrogens (primary N) is 1. The van der Waals surface area contributed by atoms with E-state index in [1.807, 2.05) is 19.1 Å². The zero-order valence-corrected chi connectivity index (χ0v) is 10.3. The molecule has 1 aromatic heterocycles. The number of rotatable bonds is 3. The molecule has 5 nitrogen and oxygen atoms in total. The number of nitrogens with one attached hydrogen (secondary N) is 1. The third-order valence-corrected chi connectivity index (χ3v) is 3.20. The van der Waals surface area contributed by atoms with E-state index >= 15 is 0 Å². The number of anilines is 2. The molecule has 0 fully saturated rings. The Kier molecular flexibility index (Phi) is 3.49. The van der Waals surface area contributed by atoms with Crippen molar-refractivity contribution >= 4 is 23.4 Å². The van der Waals surface area contributed by atoms with Crippen LogP contribution in [0.4, 0.5) is 11.8 Å². The minimum absolute atomic E-state index is 0.149. The molecule has 0 radical (unpaired) electrons. The smallest absolute Gasteiger partial charge is 0.223 e. The van der Waals surface area contributed by atoms with E-state index in [1.54, 1.807) is 0 Å². The van der Waals surface area contributed by atoms with E-state index in [9.17, 15) is 0 Å². The van der Waals surface area contributed by atoms with Gasteiger partial charge >= 0.3 is 0 Å². The summed E-state index contributed by atoms with van der Waals surface area (Å²) in [6, 6.07) is 0.149. The Morgan fingerprint density at radius 3 is 2.94 bits per heavy atom. The van der Waals surface area contributed by atoms with Crippen LogP contribution in [-0.4, -0.2) is 27.7 Å². The largest absolute Gasteiger partial charge is 0.396 e. The highest BCUT2D eigenvalue weighted by atomic mass is 35.5. The van der Waals surface area contributed by atoms with Gasteiger partial charge in [-0.2, -0.15) is 4.98 Å². The molecule has 1 aliphatic rings. The molecule has 17 heavy (non-hydrogen) atoms. The number of hydrogen-bond donors (Lipinski definition) is 3. The van der Waals surface area contributed by atoms with Crippen molar-refractivity contribution in [1.82, 2.24) is 9.97 Å². The number of halogens is 1. The van der Waals surface area contributed by atoms with Gasteiger partial charge in [-0.25, -0.2) is 4.98 Å². The summed E-state index contributed by atoms with van der Waals surface area (Å²) in [5.74, 6) is 1.02. The number of hydrogen-bond acceptors (Lipinski definition) is 5. The number of nitrogens with zero attached hydrogens (tertiary/aromatic N) is 2. The molecule has 0 saturated carbocycles. The lowest BCUT2D eigenvalue weighted by Gasteiger charge is -2.15. The van der Waals surface area contributed by atoms with Crippen molar-refractivity contribution in [2.75, 3.05) is 17.7 Å². The topological polar surface area (TPSA) is 84.1 Å². The SMILES string of the molecule is Cc1c(Cl)nc(N)nc1NC1C=C[C@@H](CO)C1. The highest BCUT2D eigenvalue weighted by Gasteiger charge is 2.19. The lowest BCUT2D eigenvalue weighted by atomic mass is 10.1. The van der Waals surface area contributed by atoms with Crippen LogP contribution < -0.4 is 11.1 Å². The minimum Gasteiger partial charge on any atom is -0.396 e. The lowest BCUT2D eigenvalue weighted by molar-refractivity contribution is 0.250. The van der Waals surface area contributed by atoms with Crippen LogP contribution in [0.2, 0.25) is 5.15 Å². The van der Waals surface area contributed by atoms with Crippen molar-refractivity contribution in [3.8, 4) is 0 Å². The predicted molar refractivity (Wildman–Crippen MR) is 67.9 cm³/mol. The van der Waals surface area contributed by atoms with E-state index in [2.05, 4.69) is 15.3 Å². The van der Waals surface area contributed by atoms with Crippen LogP contribution >= 0.6 is 11.6 Å². The lowest BCUT2D eigenvalue weighted by Crippen LogP contribution is -2.19. The molecule has 1 aromatic rings. The maximum absolute atomic E-state index is 9.05. The molecule has 6 heteroatoms. The van der Waals surface area contributed by atoms with E-state index < -0.39 is 0 Å². The molecular weight excluding hydrogens is 240 g/mol. The Hall–Kier alpha value is -1.33. The number of aromatic nitrogens is 2. The number of nitrogen functional groups attached to an aromatic ring is 1. The molecule has 4 N–H and O–H groups in total. The van der Waals surface area contributed by atoms with Crippen molar-refractivity contribution in [1.29, 1.82) is 0 Å². The summed E-state index contributed by atoms with van der Waals surface area (Å²) < 4.78 is 0. The minimum atomic E-state index is 0.149. The van der Waals surface area contributed by atoms with E-state index in [0.29, 0.717) is 11.0 Å². The molecule has 2 atom stereocenters. The second-order valence-electron chi connectivity index (χ2n) is 4.16. The van der Waals surface area contributed by atoms with Gasteiger partial charge in [0.05, 0.1) is 0 Å². The number of aliphatic hydroxyl groups is 1. The summed E-state index contributed by atoms with van der Waals surface area (Å²) in [5, 5.41) is 12.7. The average molecular weight is 255 g/mol. The van der Waals surface area contributed by atoms with Gasteiger partial charge in [0.1, 0.15) is 11.0 Å². The highest BCUT2D eigenvalue weighted by Crippen LogP contribution is 2.25. The summed E-state index contributed by atoms with van der Waals surface area (Å²) in [5.41, 5.74) is 6.33. The molecule has 0 aliphatic heterocycles. The second kappa shape index (κ2) is 4.89. The van der Waals surface area contributed by atoms with Crippen LogP contribution in [0.1, 0.15) is 12.0 Å². The van der Waals surface area contributed by atoms with Gasteiger partial charge in [0, 0.05) is 24.1 Å². The van der Waals surface area contributed by atoms with Gasteiger partial charge < -0.3 is 16.2 Å². The van der Waals surface area contributed by atoms with E-state index in [-0.39, 0.29) is 24.5 Å². The first-order valence-electron chi connectivity index (χ1n) is 5.45. The normalized spacial score (nSPS) is 23.0. The summed E-state index contributed by atoms with van der Waals surface area (Å²) >= 11 is 5.93. The molecule has 1 unspecified atom stereocenters. The Bertz CT molecular complexity index is 449. The fourth-order valence-electron chi connectivity index (χ4n) is 1.84. The Balaban J connectivity index is 2.12. The van der Waals surface area contributed by atoms with E-state index in [4.69, 9.17) is 22.4 Å². The van der Waals surface area contributed by atoms with Gasteiger partial charge in [-0.3, -0.25) is 0 Å². The van der Waals surface area contributed by atoms with Crippen molar-refractivity contribution < 1.29 is 5.11 Å². The molecule has 0 amide bonds. The zero-order chi connectivity index (χ0) is 12.4. The van der Waals surface area contributed by atoms with Crippen LogP contribution in [0.5, 0.6) is 0 Å². The van der Waals surface area contributed by atoms with Crippen LogP contribution in [0.25, 0.3) is 0 Å². The predicted octanol–water partition coefficient (Wildman–Crippen LogP) is 1.37. The monoisotopic (exact) mass is 254 g/mol. The van der Waals surface area contributed by atoms with Crippen LogP contribution in [0.3, 0.4) is 0 Å². The molecule has 92 valence electrons. The van der Waals surface area contributed by atoms with Crippen LogP contribution in [0, 0.1) is 12.8 Å². The quantitative estimate of drug-likeness (QED) is 0.560. The first-order valence-corrected chi connectivity index (χ1v) is 5.83. The molecule has 0 saturated heterocycles. The van der Waals surface area contributed by atoms with Crippen molar-refractivity contribution in [2.45, 2.75) is 19.4 Å². The Morgan fingerprint density at radius 1 is 1.53 bits per heavy atom. The van der Waals surface area contributed by atoms with E-state index in [1.165, 1.54) is 0 Å². The summed E-state index contributed by atoms with van der Waals surface area (Å²) in [6.07, 6.45) is 4.86. The van der Waals surface area contributed by atoms with Gasteiger partial charge in [-0.1, -0.05) is 23.8 Å². The van der Waals surface area contributed by atoms with Gasteiger partial charge in [0.2, 0.25) is 5.95 Å². The average Bonchev–Trinajstić information content (AvgIpc) is 2.73. The number of aliphatic hydroxyl groups excluding tert-OH is 1. The Labute approximate surface area is 105 Å². The maximum Gasteiger partial charge on any atom is 0.223 e. The third-order valence-electron chi connectivity index (χ3n) is 2.83. The second-order valence-corrected chi connectivity index (χ2v) is 4.52. The first kappa shape index (κ1) is 12.1. The molecule has 1 aliphatic carbocycles. The van der Waals surface area contributed by atoms with Gasteiger partial charge in [0.25, 0.3) is 0 Å². The summed E-state index contributed by atoms with van der Waals surface area (Å²) in [7, 11) is 0. The first-order chi connectivity index (χ1) is 8.10. The molecule has 0 bridgehead atoms. The van der Waals surface area contributed by atoms with Gasteiger partial charge in [0.15, 0.2) is 0 Å². The molecule has 1 heterocycles. The van der Waals surface area contributed by atoms with Gasteiger partial charge in [-0.05, 0) is 13.3 Å². The van der Waals surface area contributed by atoms with Crippen molar-refractivity contribution in [2.24, 2.45) is 5.92 Å². The van der Waals surface area contributed by atoms with Crippen molar-refractivity contribution in [3.63, 3.8) is 0 Å². The standard InChI is InChI=1S/C11H15ClN4O/c1-6-9(12)15-11(13)16-10(6)14-8-3-2-7(4-8)5-17/h2-3,7-8,17H,4-5H2,1H3,(H3,13,14,15,16)/t7-,8?/m1/s1. The van der Waals surface area contributed by atoms with Crippen molar-refractivity contribution in [3.05, 3.63) is 22.9 Å².